The number of benzene rings is 1. The molecule has 1 aromatic rings. The van der Waals surface area contributed by atoms with Crippen LogP contribution in [0.2, 0.25) is 0 Å². The van der Waals surface area contributed by atoms with E-state index >= 15 is 0 Å². The molecular weight excluding hydrogens is 212 g/mol. The molecule has 0 saturated carbocycles. The van der Waals surface area contributed by atoms with Gasteiger partial charge in [0.15, 0.2) is 0 Å². The summed E-state index contributed by atoms with van der Waals surface area (Å²) in [4.78, 5) is 12.2. The maximum absolute atomic E-state index is 12.2. The van der Waals surface area contributed by atoms with Crippen LogP contribution >= 0.6 is 0 Å². The van der Waals surface area contributed by atoms with Crippen LogP contribution in [-0.2, 0) is 4.79 Å². The van der Waals surface area contributed by atoms with Crippen molar-refractivity contribution in [3.05, 3.63) is 35.9 Å². The fourth-order valence-corrected chi connectivity index (χ4v) is 2.27. The van der Waals surface area contributed by atoms with Crippen molar-refractivity contribution in [2.45, 2.75) is 38.3 Å². The molecule has 1 unspecified atom stereocenters. The molecule has 0 bridgehead atoms. The van der Waals surface area contributed by atoms with E-state index in [0.717, 1.165) is 24.9 Å². The second-order valence-electron chi connectivity index (χ2n) is 4.97. The van der Waals surface area contributed by atoms with Gasteiger partial charge in [-0.05, 0) is 38.8 Å². The maximum Gasteiger partial charge on any atom is 0.240 e. The zero-order valence-electron chi connectivity index (χ0n) is 10.5. The molecule has 2 rings (SSSR count). The van der Waals surface area contributed by atoms with Gasteiger partial charge in [0.1, 0.15) is 0 Å². The summed E-state index contributed by atoms with van der Waals surface area (Å²) >= 11 is 0. The molecule has 1 saturated heterocycles. The highest BCUT2D eigenvalue weighted by molar-refractivity contribution is 5.86. The Kier molecular flexibility index (Phi) is 3.48. The molecular formula is C14H20N2O. The average Bonchev–Trinajstić information content (AvgIpc) is 2.78. The third-order valence-corrected chi connectivity index (χ3v) is 3.52. The summed E-state index contributed by atoms with van der Waals surface area (Å²) in [6.45, 7) is 4.93. The lowest BCUT2D eigenvalue weighted by molar-refractivity contribution is -0.127. The quantitative estimate of drug-likeness (QED) is 0.837. The Morgan fingerprint density at radius 3 is 2.71 bits per heavy atom. The third-order valence-electron chi connectivity index (χ3n) is 3.52. The Morgan fingerprint density at radius 2 is 2.12 bits per heavy atom. The topological polar surface area (TPSA) is 41.1 Å². The SMILES string of the molecule is CC(NC(=O)[C@]1(C)CCCN1)c1ccccc1. The van der Waals surface area contributed by atoms with E-state index in [1.54, 1.807) is 0 Å². The first-order valence-corrected chi connectivity index (χ1v) is 6.23. The van der Waals surface area contributed by atoms with Crippen LogP contribution in [0, 0.1) is 0 Å². The highest BCUT2D eigenvalue weighted by Gasteiger charge is 2.36. The van der Waals surface area contributed by atoms with Crippen molar-refractivity contribution >= 4 is 5.91 Å². The molecule has 3 nitrogen and oxygen atoms in total. The van der Waals surface area contributed by atoms with Gasteiger partial charge < -0.3 is 10.6 Å². The first-order valence-electron chi connectivity index (χ1n) is 6.23. The van der Waals surface area contributed by atoms with E-state index in [2.05, 4.69) is 10.6 Å². The van der Waals surface area contributed by atoms with E-state index in [4.69, 9.17) is 0 Å². The monoisotopic (exact) mass is 232 g/mol. The summed E-state index contributed by atoms with van der Waals surface area (Å²) < 4.78 is 0. The van der Waals surface area contributed by atoms with Crippen molar-refractivity contribution < 1.29 is 4.79 Å². The van der Waals surface area contributed by atoms with Gasteiger partial charge in [-0.25, -0.2) is 0 Å². The van der Waals surface area contributed by atoms with E-state index in [1.165, 1.54) is 0 Å². The smallest absolute Gasteiger partial charge is 0.240 e. The van der Waals surface area contributed by atoms with E-state index < -0.39 is 0 Å². The Morgan fingerprint density at radius 1 is 1.41 bits per heavy atom. The molecule has 0 spiro atoms. The first-order chi connectivity index (χ1) is 8.12. The molecule has 3 heteroatoms. The van der Waals surface area contributed by atoms with Crippen molar-refractivity contribution in [2.24, 2.45) is 0 Å². The van der Waals surface area contributed by atoms with Crippen LogP contribution in [0.25, 0.3) is 0 Å². The van der Waals surface area contributed by atoms with Crippen LogP contribution in [0.1, 0.15) is 38.3 Å². The molecule has 1 amide bonds. The molecule has 1 fully saturated rings. The standard InChI is InChI=1S/C14H20N2O/c1-11(12-7-4-3-5-8-12)16-13(17)14(2)9-6-10-15-14/h3-5,7-8,11,15H,6,9-10H2,1-2H3,(H,16,17)/t11?,14-/m0/s1. The van der Waals surface area contributed by atoms with Gasteiger partial charge in [-0.1, -0.05) is 30.3 Å². The molecule has 0 aromatic heterocycles. The maximum atomic E-state index is 12.2. The highest BCUT2D eigenvalue weighted by atomic mass is 16.2. The lowest BCUT2D eigenvalue weighted by atomic mass is 9.98. The molecule has 1 heterocycles. The van der Waals surface area contributed by atoms with Crippen molar-refractivity contribution in [3.63, 3.8) is 0 Å². The minimum absolute atomic E-state index is 0.0583. The Bertz CT molecular complexity index is 382. The number of amides is 1. The highest BCUT2D eigenvalue weighted by Crippen LogP contribution is 2.20. The predicted octanol–water partition coefficient (Wildman–Crippen LogP) is 2.01. The van der Waals surface area contributed by atoms with Crippen molar-refractivity contribution in [3.8, 4) is 0 Å². The van der Waals surface area contributed by atoms with Gasteiger partial charge in [0.2, 0.25) is 5.91 Å². The summed E-state index contributed by atoms with van der Waals surface area (Å²) in [5.41, 5.74) is 0.755. The number of nitrogens with one attached hydrogen (secondary N) is 2. The van der Waals surface area contributed by atoms with Crippen LogP contribution in [-0.4, -0.2) is 18.0 Å². The zero-order valence-corrected chi connectivity index (χ0v) is 10.5. The molecule has 2 N–H and O–H groups in total. The normalized spacial score (nSPS) is 25.5. The van der Waals surface area contributed by atoms with Gasteiger partial charge in [0.25, 0.3) is 0 Å². The van der Waals surface area contributed by atoms with Crippen molar-refractivity contribution in [1.29, 1.82) is 0 Å². The third kappa shape index (κ3) is 2.67. The summed E-state index contributed by atoms with van der Waals surface area (Å²) in [6.07, 6.45) is 1.99. The van der Waals surface area contributed by atoms with Crippen LogP contribution in [0.4, 0.5) is 0 Å². The Labute approximate surface area is 103 Å². The van der Waals surface area contributed by atoms with E-state index in [9.17, 15) is 4.79 Å². The molecule has 17 heavy (non-hydrogen) atoms. The summed E-state index contributed by atoms with van der Waals surface area (Å²) in [6, 6.07) is 10.1. The van der Waals surface area contributed by atoms with Gasteiger partial charge in [-0.15, -0.1) is 0 Å². The molecule has 0 aliphatic carbocycles. The van der Waals surface area contributed by atoms with E-state index in [1.807, 2.05) is 44.2 Å². The van der Waals surface area contributed by atoms with E-state index in [-0.39, 0.29) is 17.5 Å². The number of carbonyl (C=O) groups excluding carboxylic acids is 1. The minimum Gasteiger partial charge on any atom is -0.348 e. The van der Waals surface area contributed by atoms with Gasteiger partial charge in [0, 0.05) is 0 Å². The van der Waals surface area contributed by atoms with Crippen LogP contribution < -0.4 is 10.6 Å². The lowest BCUT2D eigenvalue weighted by Crippen LogP contribution is -2.51. The van der Waals surface area contributed by atoms with Gasteiger partial charge >= 0.3 is 0 Å². The molecule has 0 radical (unpaired) electrons. The van der Waals surface area contributed by atoms with Crippen LogP contribution in [0.3, 0.4) is 0 Å². The fourth-order valence-electron chi connectivity index (χ4n) is 2.27. The molecule has 1 aromatic carbocycles. The second-order valence-corrected chi connectivity index (χ2v) is 4.97. The van der Waals surface area contributed by atoms with Gasteiger partial charge in [-0.2, -0.15) is 0 Å². The number of hydrogen-bond donors (Lipinski definition) is 2. The predicted molar refractivity (Wildman–Crippen MR) is 68.6 cm³/mol. The number of rotatable bonds is 3. The fraction of sp³-hybridized carbons (Fsp3) is 0.500. The average molecular weight is 232 g/mol. The second kappa shape index (κ2) is 4.88. The number of carbonyl (C=O) groups is 1. The lowest BCUT2D eigenvalue weighted by Gasteiger charge is -2.25. The Balaban J connectivity index is 1.99. The summed E-state index contributed by atoms with van der Waals surface area (Å²) in [7, 11) is 0. The van der Waals surface area contributed by atoms with Crippen molar-refractivity contribution in [2.75, 3.05) is 6.54 Å². The number of hydrogen-bond acceptors (Lipinski definition) is 2. The van der Waals surface area contributed by atoms with E-state index in [0.29, 0.717) is 0 Å². The molecule has 1 aliphatic rings. The molecule has 2 atom stereocenters. The molecule has 1 aliphatic heterocycles. The van der Waals surface area contributed by atoms with Gasteiger partial charge in [0.05, 0.1) is 11.6 Å². The van der Waals surface area contributed by atoms with Crippen LogP contribution in [0.15, 0.2) is 30.3 Å². The summed E-state index contributed by atoms with van der Waals surface area (Å²) in [5.74, 6) is 0.103. The largest absolute Gasteiger partial charge is 0.348 e. The molecule has 92 valence electrons. The van der Waals surface area contributed by atoms with Crippen molar-refractivity contribution in [1.82, 2.24) is 10.6 Å². The summed E-state index contributed by atoms with van der Waals surface area (Å²) in [5, 5.41) is 6.35. The zero-order chi connectivity index (χ0) is 12.3. The van der Waals surface area contributed by atoms with Gasteiger partial charge in [-0.3, -0.25) is 4.79 Å². The Hall–Kier alpha value is -1.35. The van der Waals surface area contributed by atoms with Crippen LogP contribution in [0.5, 0.6) is 0 Å². The first kappa shape index (κ1) is 12.1. The minimum atomic E-state index is -0.386.